The summed E-state index contributed by atoms with van der Waals surface area (Å²) in [5.74, 6) is 1.01. The zero-order chi connectivity index (χ0) is 12.3. The Balaban J connectivity index is 2.20. The molecule has 0 aromatic heterocycles. The van der Waals surface area contributed by atoms with Crippen LogP contribution in [0.25, 0.3) is 0 Å². The molecule has 2 heteroatoms. The summed E-state index contributed by atoms with van der Waals surface area (Å²) in [6, 6.07) is 8.58. The summed E-state index contributed by atoms with van der Waals surface area (Å²) in [7, 11) is 0. The van der Waals surface area contributed by atoms with Crippen molar-refractivity contribution < 1.29 is 4.74 Å². The van der Waals surface area contributed by atoms with Crippen LogP contribution in [-0.2, 0) is 6.42 Å². The van der Waals surface area contributed by atoms with Gasteiger partial charge in [0.2, 0.25) is 0 Å². The van der Waals surface area contributed by atoms with E-state index in [9.17, 15) is 0 Å². The van der Waals surface area contributed by atoms with Gasteiger partial charge in [-0.3, -0.25) is 0 Å². The molecular formula is C15H23IO. The molecule has 0 unspecified atom stereocenters. The van der Waals surface area contributed by atoms with Crippen LogP contribution in [0.2, 0.25) is 0 Å². The first kappa shape index (κ1) is 14.8. The molecule has 0 atom stereocenters. The van der Waals surface area contributed by atoms with E-state index in [0.717, 1.165) is 12.4 Å². The second-order valence-corrected chi connectivity index (χ2v) is 5.42. The monoisotopic (exact) mass is 346 g/mol. The average Bonchev–Trinajstić information content (AvgIpc) is 2.37. The van der Waals surface area contributed by atoms with Gasteiger partial charge in [0, 0.05) is 0 Å². The first-order valence-electron chi connectivity index (χ1n) is 6.64. The quantitative estimate of drug-likeness (QED) is 0.347. The Bertz CT molecular complexity index is 281. The fourth-order valence-electron chi connectivity index (χ4n) is 1.74. The van der Waals surface area contributed by atoms with Gasteiger partial charge in [-0.2, -0.15) is 0 Å². The van der Waals surface area contributed by atoms with Crippen molar-refractivity contribution >= 4 is 22.6 Å². The first-order chi connectivity index (χ1) is 8.36. The van der Waals surface area contributed by atoms with E-state index in [-0.39, 0.29) is 0 Å². The summed E-state index contributed by atoms with van der Waals surface area (Å²) in [6.07, 6.45) is 7.50. The highest BCUT2D eigenvalue weighted by atomic mass is 127. The van der Waals surface area contributed by atoms with E-state index < -0.39 is 0 Å². The zero-order valence-corrected chi connectivity index (χ0v) is 12.9. The fourth-order valence-corrected chi connectivity index (χ4v) is 2.12. The molecule has 1 aromatic rings. The molecule has 0 bridgehead atoms. The Labute approximate surface area is 119 Å². The van der Waals surface area contributed by atoms with Gasteiger partial charge >= 0.3 is 0 Å². The van der Waals surface area contributed by atoms with Gasteiger partial charge in [-0.15, -0.1) is 0 Å². The number of unbranched alkanes of at least 4 members (excludes halogenated alkanes) is 3. The highest BCUT2D eigenvalue weighted by Crippen LogP contribution is 2.14. The summed E-state index contributed by atoms with van der Waals surface area (Å²) in [4.78, 5) is 0. The van der Waals surface area contributed by atoms with Gasteiger partial charge in [0.05, 0.1) is 6.61 Å². The van der Waals surface area contributed by atoms with Crippen LogP contribution in [0, 0.1) is 0 Å². The standard InChI is InChI=1S/C15H23IO/c1-2-3-4-5-13-17-15-10-8-14(9-11-15)7-6-12-16/h8-11H,2-7,12-13H2,1H3. The van der Waals surface area contributed by atoms with Crippen molar-refractivity contribution in [2.45, 2.75) is 45.4 Å². The number of hydrogen-bond donors (Lipinski definition) is 0. The Hall–Kier alpha value is -0.250. The molecule has 96 valence electrons. The average molecular weight is 346 g/mol. The molecule has 0 amide bonds. The van der Waals surface area contributed by atoms with Crippen molar-refractivity contribution in [1.82, 2.24) is 0 Å². The van der Waals surface area contributed by atoms with Crippen LogP contribution >= 0.6 is 22.6 Å². The van der Waals surface area contributed by atoms with Gasteiger partial charge in [0.25, 0.3) is 0 Å². The lowest BCUT2D eigenvalue weighted by Gasteiger charge is -2.06. The second kappa shape index (κ2) is 9.75. The lowest BCUT2D eigenvalue weighted by molar-refractivity contribution is 0.305. The Morgan fingerprint density at radius 3 is 2.41 bits per heavy atom. The largest absolute Gasteiger partial charge is 0.494 e. The van der Waals surface area contributed by atoms with Crippen LogP contribution in [-0.4, -0.2) is 11.0 Å². The molecule has 0 saturated heterocycles. The van der Waals surface area contributed by atoms with Crippen LogP contribution in [0.15, 0.2) is 24.3 Å². The van der Waals surface area contributed by atoms with Gasteiger partial charge < -0.3 is 4.74 Å². The van der Waals surface area contributed by atoms with E-state index >= 15 is 0 Å². The van der Waals surface area contributed by atoms with Crippen molar-refractivity contribution in [3.63, 3.8) is 0 Å². The first-order valence-corrected chi connectivity index (χ1v) is 8.17. The molecule has 0 radical (unpaired) electrons. The summed E-state index contributed by atoms with van der Waals surface area (Å²) in [5.41, 5.74) is 1.42. The lowest BCUT2D eigenvalue weighted by atomic mass is 10.1. The third-order valence-corrected chi connectivity index (χ3v) is 3.55. The summed E-state index contributed by atoms with van der Waals surface area (Å²) >= 11 is 2.43. The van der Waals surface area contributed by atoms with Crippen molar-refractivity contribution in [2.24, 2.45) is 0 Å². The Morgan fingerprint density at radius 1 is 1.00 bits per heavy atom. The van der Waals surface area contributed by atoms with E-state index in [1.54, 1.807) is 0 Å². The van der Waals surface area contributed by atoms with Gasteiger partial charge in [0.1, 0.15) is 5.75 Å². The zero-order valence-electron chi connectivity index (χ0n) is 10.8. The minimum Gasteiger partial charge on any atom is -0.494 e. The number of rotatable bonds is 9. The van der Waals surface area contributed by atoms with Gasteiger partial charge in [-0.05, 0) is 41.4 Å². The molecule has 0 aliphatic carbocycles. The number of alkyl halides is 1. The molecule has 17 heavy (non-hydrogen) atoms. The molecule has 0 aliphatic heterocycles. The van der Waals surface area contributed by atoms with Crippen LogP contribution < -0.4 is 4.74 Å². The molecular weight excluding hydrogens is 323 g/mol. The van der Waals surface area contributed by atoms with Crippen molar-refractivity contribution in [3.05, 3.63) is 29.8 Å². The van der Waals surface area contributed by atoms with Crippen LogP contribution in [0.5, 0.6) is 5.75 Å². The van der Waals surface area contributed by atoms with Crippen LogP contribution in [0.3, 0.4) is 0 Å². The molecule has 1 nitrogen and oxygen atoms in total. The van der Waals surface area contributed by atoms with Crippen molar-refractivity contribution in [2.75, 3.05) is 11.0 Å². The van der Waals surface area contributed by atoms with Crippen LogP contribution in [0.4, 0.5) is 0 Å². The molecule has 0 spiro atoms. The fraction of sp³-hybridized carbons (Fsp3) is 0.600. The summed E-state index contributed by atoms with van der Waals surface area (Å²) in [6.45, 7) is 3.09. The molecule has 1 rings (SSSR count). The number of ether oxygens (including phenoxy) is 1. The summed E-state index contributed by atoms with van der Waals surface area (Å²) in [5, 5.41) is 0. The normalized spacial score (nSPS) is 10.5. The molecule has 0 aliphatic rings. The SMILES string of the molecule is CCCCCCOc1ccc(CCCI)cc1. The molecule has 1 aromatic carbocycles. The highest BCUT2D eigenvalue weighted by molar-refractivity contribution is 14.1. The third kappa shape index (κ3) is 6.92. The minimum atomic E-state index is 0.854. The maximum absolute atomic E-state index is 5.71. The van der Waals surface area contributed by atoms with Gasteiger partial charge in [0.15, 0.2) is 0 Å². The summed E-state index contributed by atoms with van der Waals surface area (Å²) < 4.78 is 6.94. The minimum absolute atomic E-state index is 0.854. The maximum Gasteiger partial charge on any atom is 0.119 e. The topological polar surface area (TPSA) is 9.23 Å². The predicted molar refractivity (Wildman–Crippen MR) is 83.3 cm³/mol. The van der Waals surface area contributed by atoms with E-state index in [1.807, 2.05) is 0 Å². The van der Waals surface area contributed by atoms with E-state index in [4.69, 9.17) is 4.74 Å². The second-order valence-electron chi connectivity index (χ2n) is 4.35. The van der Waals surface area contributed by atoms with Crippen molar-refractivity contribution in [1.29, 1.82) is 0 Å². The predicted octanol–water partition coefficient (Wildman–Crippen LogP) is 5.01. The van der Waals surface area contributed by atoms with Crippen LogP contribution in [0.1, 0.15) is 44.6 Å². The smallest absolute Gasteiger partial charge is 0.119 e. The highest BCUT2D eigenvalue weighted by Gasteiger charge is 1.96. The number of aryl methyl sites for hydroxylation is 1. The molecule has 0 heterocycles. The molecule has 0 saturated carbocycles. The number of benzene rings is 1. The maximum atomic E-state index is 5.71. The van der Waals surface area contributed by atoms with E-state index in [0.29, 0.717) is 0 Å². The molecule has 0 fully saturated rings. The number of halogens is 1. The Kier molecular flexibility index (Phi) is 8.49. The van der Waals surface area contributed by atoms with Gasteiger partial charge in [-0.1, -0.05) is 60.9 Å². The van der Waals surface area contributed by atoms with Gasteiger partial charge in [-0.25, -0.2) is 0 Å². The van der Waals surface area contributed by atoms with E-state index in [1.165, 1.54) is 48.5 Å². The van der Waals surface area contributed by atoms with Crippen molar-refractivity contribution in [3.8, 4) is 5.75 Å². The molecule has 0 N–H and O–H groups in total. The Morgan fingerprint density at radius 2 is 1.76 bits per heavy atom. The number of hydrogen-bond acceptors (Lipinski definition) is 1. The lowest BCUT2D eigenvalue weighted by Crippen LogP contribution is -1.97. The third-order valence-electron chi connectivity index (χ3n) is 2.79. The van der Waals surface area contributed by atoms with E-state index in [2.05, 4.69) is 53.8 Å².